The summed E-state index contributed by atoms with van der Waals surface area (Å²) in [5.74, 6) is 0.860. The van der Waals surface area contributed by atoms with Crippen molar-refractivity contribution in [1.29, 1.82) is 0 Å². The fraction of sp³-hybridized carbons (Fsp3) is 0.750. The smallest absolute Gasteiger partial charge is 0.191 e. The van der Waals surface area contributed by atoms with Gasteiger partial charge in [-0.3, -0.25) is 4.99 Å². The molecule has 0 aliphatic carbocycles. The third-order valence-corrected chi connectivity index (χ3v) is 2.26. The fourth-order valence-electron chi connectivity index (χ4n) is 1.37. The topological polar surface area (TPSA) is 36.4 Å². The van der Waals surface area contributed by atoms with E-state index in [1.165, 1.54) is 25.7 Å². The van der Waals surface area contributed by atoms with Gasteiger partial charge in [0.2, 0.25) is 0 Å². The monoisotopic (exact) mass is 211 g/mol. The Morgan fingerprint density at radius 1 is 1.47 bits per heavy atom. The Labute approximate surface area is 94.1 Å². The Morgan fingerprint density at radius 2 is 2.20 bits per heavy atom. The largest absolute Gasteiger partial charge is 0.354 e. The molecule has 0 amide bonds. The molecule has 3 nitrogen and oxygen atoms in total. The van der Waals surface area contributed by atoms with Crippen molar-refractivity contribution in [1.82, 2.24) is 10.6 Å². The van der Waals surface area contributed by atoms with Crippen LogP contribution in [-0.4, -0.2) is 25.6 Å². The molecular weight excluding hydrogens is 186 g/mol. The molecule has 0 radical (unpaired) electrons. The van der Waals surface area contributed by atoms with Crippen LogP contribution in [0.4, 0.5) is 0 Å². The first-order valence-corrected chi connectivity index (χ1v) is 5.82. The number of aliphatic imine (C=N–C) groups is 1. The maximum absolute atomic E-state index is 4.14. The number of nitrogens with zero attached hydrogens (tertiary/aromatic N) is 1. The van der Waals surface area contributed by atoms with Gasteiger partial charge in [-0.15, -0.1) is 6.58 Å². The van der Waals surface area contributed by atoms with E-state index in [-0.39, 0.29) is 0 Å². The molecule has 0 spiro atoms. The third kappa shape index (κ3) is 8.03. The van der Waals surface area contributed by atoms with Crippen molar-refractivity contribution in [3.8, 4) is 0 Å². The van der Waals surface area contributed by atoms with E-state index in [9.17, 15) is 0 Å². The second-order valence-corrected chi connectivity index (χ2v) is 3.78. The molecule has 0 aromatic carbocycles. The van der Waals surface area contributed by atoms with Crippen molar-refractivity contribution in [2.24, 2.45) is 4.99 Å². The Kier molecular flexibility index (Phi) is 8.93. The van der Waals surface area contributed by atoms with Crippen LogP contribution in [0.15, 0.2) is 17.6 Å². The Bertz CT molecular complexity index is 187. The van der Waals surface area contributed by atoms with Gasteiger partial charge in [0.1, 0.15) is 0 Å². The SMILES string of the molecule is C=CCNC(=NC)NC(C)CCCCC. The zero-order valence-corrected chi connectivity index (χ0v) is 10.3. The molecule has 0 aromatic rings. The van der Waals surface area contributed by atoms with Crippen molar-refractivity contribution < 1.29 is 0 Å². The van der Waals surface area contributed by atoms with Crippen LogP contribution in [0.2, 0.25) is 0 Å². The molecule has 3 heteroatoms. The fourth-order valence-corrected chi connectivity index (χ4v) is 1.37. The summed E-state index contributed by atoms with van der Waals surface area (Å²) in [5, 5.41) is 6.51. The predicted octanol–water partition coefficient (Wildman–Crippen LogP) is 2.31. The van der Waals surface area contributed by atoms with Crippen molar-refractivity contribution in [2.45, 2.75) is 45.6 Å². The highest BCUT2D eigenvalue weighted by Crippen LogP contribution is 2.02. The molecule has 2 N–H and O–H groups in total. The van der Waals surface area contributed by atoms with Crippen molar-refractivity contribution in [2.75, 3.05) is 13.6 Å². The molecule has 1 unspecified atom stereocenters. The zero-order chi connectivity index (χ0) is 11.5. The van der Waals surface area contributed by atoms with Crippen LogP contribution >= 0.6 is 0 Å². The number of guanidine groups is 1. The third-order valence-electron chi connectivity index (χ3n) is 2.26. The van der Waals surface area contributed by atoms with Gasteiger partial charge in [0.05, 0.1) is 0 Å². The summed E-state index contributed by atoms with van der Waals surface area (Å²) >= 11 is 0. The number of hydrogen-bond donors (Lipinski definition) is 2. The number of unbranched alkanes of at least 4 members (excludes halogenated alkanes) is 2. The summed E-state index contributed by atoms with van der Waals surface area (Å²) in [7, 11) is 1.79. The van der Waals surface area contributed by atoms with Crippen LogP contribution in [0.5, 0.6) is 0 Å². The van der Waals surface area contributed by atoms with Gasteiger partial charge in [-0.05, 0) is 13.3 Å². The lowest BCUT2D eigenvalue weighted by atomic mass is 10.1. The van der Waals surface area contributed by atoms with Crippen molar-refractivity contribution >= 4 is 5.96 Å². The first-order valence-electron chi connectivity index (χ1n) is 5.82. The summed E-state index contributed by atoms with van der Waals surface area (Å²) in [6.45, 7) is 8.83. The highest BCUT2D eigenvalue weighted by molar-refractivity contribution is 5.80. The first kappa shape index (κ1) is 14.0. The summed E-state index contributed by atoms with van der Waals surface area (Å²) in [4.78, 5) is 4.14. The van der Waals surface area contributed by atoms with E-state index in [4.69, 9.17) is 0 Å². The highest BCUT2D eigenvalue weighted by atomic mass is 15.2. The average Bonchev–Trinajstić information content (AvgIpc) is 2.24. The molecule has 0 saturated carbocycles. The molecule has 0 aliphatic rings. The number of hydrogen-bond acceptors (Lipinski definition) is 1. The normalized spacial score (nSPS) is 13.4. The van der Waals surface area contributed by atoms with E-state index in [1.807, 2.05) is 6.08 Å². The van der Waals surface area contributed by atoms with E-state index in [0.717, 1.165) is 12.5 Å². The van der Waals surface area contributed by atoms with Crippen molar-refractivity contribution in [3.05, 3.63) is 12.7 Å². The van der Waals surface area contributed by atoms with E-state index < -0.39 is 0 Å². The van der Waals surface area contributed by atoms with E-state index >= 15 is 0 Å². The van der Waals surface area contributed by atoms with E-state index in [0.29, 0.717) is 6.04 Å². The van der Waals surface area contributed by atoms with E-state index in [1.54, 1.807) is 7.05 Å². The highest BCUT2D eigenvalue weighted by Gasteiger charge is 2.03. The lowest BCUT2D eigenvalue weighted by molar-refractivity contribution is 0.548. The molecule has 0 bridgehead atoms. The van der Waals surface area contributed by atoms with Gasteiger partial charge in [0, 0.05) is 19.6 Å². The number of rotatable bonds is 7. The summed E-state index contributed by atoms with van der Waals surface area (Å²) in [5.41, 5.74) is 0. The van der Waals surface area contributed by atoms with Gasteiger partial charge in [-0.25, -0.2) is 0 Å². The van der Waals surface area contributed by atoms with Gasteiger partial charge in [0.25, 0.3) is 0 Å². The molecule has 0 aliphatic heterocycles. The second-order valence-electron chi connectivity index (χ2n) is 3.78. The molecule has 88 valence electrons. The van der Waals surface area contributed by atoms with Crippen LogP contribution < -0.4 is 10.6 Å². The molecule has 0 fully saturated rings. The minimum atomic E-state index is 0.479. The van der Waals surface area contributed by atoms with Crippen LogP contribution in [0.1, 0.15) is 39.5 Å². The van der Waals surface area contributed by atoms with Gasteiger partial charge in [-0.1, -0.05) is 32.3 Å². The lowest BCUT2D eigenvalue weighted by Gasteiger charge is -2.17. The van der Waals surface area contributed by atoms with Gasteiger partial charge >= 0.3 is 0 Å². The van der Waals surface area contributed by atoms with Crippen LogP contribution in [0.25, 0.3) is 0 Å². The Balaban J connectivity index is 3.70. The quantitative estimate of drug-likeness (QED) is 0.293. The van der Waals surface area contributed by atoms with E-state index in [2.05, 4.69) is 36.1 Å². The van der Waals surface area contributed by atoms with Crippen LogP contribution in [0, 0.1) is 0 Å². The van der Waals surface area contributed by atoms with Gasteiger partial charge < -0.3 is 10.6 Å². The average molecular weight is 211 g/mol. The van der Waals surface area contributed by atoms with Crippen LogP contribution in [0.3, 0.4) is 0 Å². The molecule has 1 atom stereocenters. The van der Waals surface area contributed by atoms with Gasteiger partial charge in [0.15, 0.2) is 5.96 Å². The maximum atomic E-state index is 4.14. The van der Waals surface area contributed by atoms with Gasteiger partial charge in [-0.2, -0.15) is 0 Å². The lowest BCUT2D eigenvalue weighted by Crippen LogP contribution is -2.42. The van der Waals surface area contributed by atoms with Crippen LogP contribution in [-0.2, 0) is 0 Å². The first-order chi connectivity index (χ1) is 7.24. The molecule has 15 heavy (non-hydrogen) atoms. The van der Waals surface area contributed by atoms with Crippen molar-refractivity contribution in [3.63, 3.8) is 0 Å². The predicted molar refractivity (Wildman–Crippen MR) is 68.3 cm³/mol. The molecule has 0 saturated heterocycles. The maximum Gasteiger partial charge on any atom is 0.191 e. The molecule has 0 heterocycles. The second kappa shape index (κ2) is 9.56. The standard InChI is InChI=1S/C12H25N3/c1-5-7-8-9-11(3)15-12(13-4)14-10-6-2/h6,11H,2,5,7-10H2,1,3-4H3,(H2,13,14,15). The zero-order valence-electron chi connectivity index (χ0n) is 10.3. The Morgan fingerprint density at radius 3 is 2.73 bits per heavy atom. The Hall–Kier alpha value is -0.990. The minimum absolute atomic E-state index is 0.479. The summed E-state index contributed by atoms with van der Waals surface area (Å²) in [6, 6.07) is 0.479. The minimum Gasteiger partial charge on any atom is -0.354 e. The molecule has 0 rings (SSSR count). The summed E-state index contributed by atoms with van der Waals surface area (Å²) in [6.07, 6.45) is 6.89. The molecular formula is C12H25N3. The summed E-state index contributed by atoms with van der Waals surface area (Å²) < 4.78 is 0. The number of nitrogens with one attached hydrogen (secondary N) is 2. The molecule has 0 aromatic heterocycles.